The van der Waals surface area contributed by atoms with Crippen molar-refractivity contribution in [3.05, 3.63) is 64.1 Å². The lowest BCUT2D eigenvalue weighted by molar-refractivity contribution is -0.138. The SMILES string of the molecule is O=C(O)Cc1nn(Cc2ccc(F)cc2Cl)c2cc(C(F)(F)F)ccc12. The van der Waals surface area contributed by atoms with Crippen LogP contribution in [0.1, 0.15) is 16.8 Å². The Labute approximate surface area is 149 Å². The largest absolute Gasteiger partial charge is 0.481 e. The van der Waals surface area contributed by atoms with Crippen LogP contribution in [0.3, 0.4) is 0 Å². The predicted molar refractivity (Wildman–Crippen MR) is 86.6 cm³/mol. The lowest BCUT2D eigenvalue weighted by Gasteiger charge is -2.09. The number of hydrogen-bond donors (Lipinski definition) is 1. The molecular formula is C17H11ClF4N2O2. The molecule has 0 fully saturated rings. The third-order valence-electron chi connectivity index (χ3n) is 3.81. The Bertz CT molecular complexity index is 998. The van der Waals surface area contributed by atoms with Gasteiger partial charge in [-0.3, -0.25) is 9.48 Å². The number of aromatic nitrogens is 2. The van der Waals surface area contributed by atoms with Gasteiger partial charge in [-0.2, -0.15) is 18.3 Å². The van der Waals surface area contributed by atoms with Gasteiger partial charge in [-0.1, -0.05) is 23.7 Å². The average molecular weight is 387 g/mol. The van der Waals surface area contributed by atoms with E-state index in [0.717, 1.165) is 18.2 Å². The van der Waals surface area contributed by atoms with Crippen molar-refractivity contribution in [2.45, 2.75) is 19.1 Å². The van der Waals surface area contributed by atoms with Crippen LogP contribution in [-0.4, -0.2) is 20.9 Å². The summed E-state index contributed by atoms with van der Waals surface area (Å²) >= 11 is 5.97. The zero-order valence-electron chi connectivity index (χ0n) is 13.0. The zero-order valence-corrected chi connectivity index (χ0v) is 13.8. The van der Waals surface area contributed by atoms with Gasteiger partial charge in [0.15, 0.2) is 0 Å². The molecule has 0 radical (unpaired) electrons. The summed E-state index contributed by atoms with van der Waals surface area (Å²) in [6, 6.07) is 6.64. The van der Waals surface area contributed by atoms with Gasteiger partial charge in [-0.05, 0) is 29.8 Å². The lowest BCUT2D eigenvalue weighted by Crippen LogP contribution is -2.07. The van der Waals surface area contributed by atoms with Gasteiger partial charge in [-0.25, -0.2) is 4.39 Å². The molecule has 3 aromatic rings. The summed E-state index contributed by atoms with van der Waals surface area (Å²) in [6.45, 7) is -0.0312. The van der Waals surface area contributed by atoms with E-state index < -0.39 is 29.9 Å². The molecule has 3 rings (SSSR count). The maximum atomic E-state index is 13.2. The third kappa shape index (κ3) is 3.65. The van der Waals surface area contributed by atoms with E-state index in [1.807, 2.05) is 0 Å². The second kappa shape index (κ2) is 6.60. The smallest absolute Gasteiger partial charge is 0.416 e. The minimum atomic E-state index is -4.55. The van der Waals surface area contributed by atoms with Crippen LogP contribution in [0.4, 0.5) is 17.6 Å². The van der Waals surface area contributed by atoms with Crippen LogP contribution >= 0.6 is 11.6 Å². The zero-order chi connectivity index (χ0) is 19.1. The molecule has 0 saturated heterocycles. The van der Waals surface area contributed by atoms with Crippen molar-refractivity contribution in [1.82, 2.24) is 9.78 Å². The van der Waals surface area contributed by atoms with Crippen LogP contribution in [0.15, 0.2) is 36.4 Å². The molecule has 4 nitrogen and oxygen atoms in total. The molecule has 0 amide bonds. The van der Waals surface area contributed by atoms with Crippen molar-refractivity contribution in [1.29, 1.82) is 0 Å². The number of halogens is 5. The molecule has 0 saturated carbocycles. The van der Waals surface area contributed by atoms with Gasteiger partial charge >= 0.3 is 12.1 Å². The van der Waals surface area contributed by atoms with Gasteiger partial charge in [0.1, 0.15) is 5.82 Å². The van der Waals surface area contributed by atoms with E-state index in [0.29, 0.717) is 10.9 Å². The Morgan fingerprint density at radius 1 is 1.19 bits per heavy atom. The fourth-order valence-corrected chi connectivity index (χ4v) is 2.85. The highest BCUT2D eigenvalue weighted by molar-refractivity contribution is 6.31. The minimum absolute atomic E-state index is 0.0312. The highest BCUT2D eigenvalue weighted by Crippen LogP contribution is 2.33. The normalized spacial score (nSPS) is 11.9. The summed E-state index contributed by atoms with van der Waals surface area (Å²) in [5.74, 6) is -1.70. The van der Waals surface area contributed by atoms with Gasteiger partial charge in [0.05, 0.1) is 29.7 Å². The first kappa shape index (κ1) is 18.2. The molecule has 0 atom stereocenters. The number of benzene rings is 2. The molecule has 1 heterocycles. The maximum Gasteiger partial charge on any atom is 0.416 e. The second-order valence-corrected chi connectivity index (χ2v) is 6.05. The van der Waals surface area contributed by atoms with Crippen LogP contribution in [0.25, 0.3) is 10.9 Å². The molecular weight excluding hydrogens is 376 g/mol. The summed E-state index contributed by atoms with van der Waals surface area (Å²) in [6.07, 6.45) is -4.99. The summed E-state index contributed by atoms with van der Waals surface area (Å²) in [7, 11) is 0. The Balaban J connectivity index is 2.14. The Morgan fingerprint density at radius 2 is 1.92 bits per heavy atom. The molecule has 0 spiro atoms. The van der Waals surface area contributed by atoms with Gasteiger partial charge < -0.3 is 5.11 Å². The number of fused-ring (bicyclic) bond motifs is 1. The summed E-state index contributed by atoms with van der Waals surface area (Å²) in [4.78, 5) is 11.0. The molecule has 1 N–H and O–H groups in total. The predicted octanol–water partition coefficient (Wildman–Crippen LogP) is 4.52. The topological polar surface area (TPSA) is 55.1 Å². The molecule has 2 aromatic carbocycles. The Kier molecular flexibility index (Phi) is 4.62. The molecule has 0 bridgehead atoms. The molecule has 0 aliphatic carbocycles. The fourth-order valence-electron chi connectivity index (χ4n) is 2.62. The third-order valence-corrected chi connectivity index (χ3v) is 4.16. The number of aliphatic carboxylic acids is 1. The summed E-state index contributed by atoms with van der Waals surface area (Å²) in [5.41, 5.74) is -0.175. The van der Waals surface area contributed by atoms with Crippen molar-refractivity contribution in [3.63, 3.8) is 0 Å². The number of hydrogen-bond acceptors (Lipinski definition) is 2. The molecule has 1 aromatic heterocycles. The molecule has 0 aliphatic heterocycles. The van der Waals surface area contributed by atoms with Gasteiger partial charge in [0.2, 0.25) is 0 Å². The van der Waals surface area contributed by atoms with Crippen LogP contribution in [0, 0.1) is 5.82 Å². The standard InChI is InChI=1S/C17H11ClF4N2O2/c18-13-6-11(19)3-1-9(13)8-24-15-5-10(17(20,21)22)2-4-12(15)14(23-24)7-16(25)26/h1-6H,7-8H2,(H,25,26). The maximum absolute atomic E-state index is 13.2. The first-order valence-electron chi connectivity index (χ1n) is 7.37. The molecule has 0 aliphatic rings. The average Bonchev–Trinajstić information content (AvgIpc) is 2.86. The van der Waals surface area contributed by atoms with E-state index in [1.54, 1.807) is 0 Å². The fraction of sp³-hybridized carbons (Fsp3) is 0.176. The number of carbonyl (C=O) groups is 1. The second-order valence-electron chi connectivity index (χ2n) is 5.64. The van der Waals surface area contributed by atoms with Crippen molar-refractivity contribution >= 4 is 28.5 Å². The first-order valence-corrected chi connectivity index (χ1v) is 7.75. The molecule has 0 unspecified atom stereocenters. The van der Waals surface area contributed by atoms with Crippen LogP contribution in [0.5, 0.6) is 0 Å². The number of rotatable bonds is 4. The van der Waals surface area contributed by atoms with Gasteiger partial charge in [0.25, 0.3) is 0 Å². The van der Waals surface area contributed by atoms with Crippen LogP contribution < -0.4 is 0 Å². The Hall–Kier alpha value is -2.61. The Morgan fingerprint density at radius 3 is 2.54 bits per heavy atom. The van der Waals surface area contributed by atoms with Crippen molar-refractivity contribution in [2.24, 2.45) is 0 Å². The number of carboxylic acids is 1. The minimum Gasteiger partial charge on any atom is -0.481 e. The number of nitrogens with zero attached hydrogens (tertiary/aromatic N) is 2. The first-order chi connectivity index (χ1) is 12.1. The highest BCUT2D eigenvalue weighted by Gasteiger charge is 2.31. The number of carboxylic acid groups (broad SMARTS) is 1. The van der Waals surface area contributed by atoms with Crippen LogP contribution in [0.2, 0.25) is 5.02 Å². The van der Waals surface area contributed by atoms with E-state index in [1.165, 1.54) is 22.9 Å². The number of alkyl halides is 3. The van der Waals surface area contributed by atoms with E-state index >= 15 is 0 Å². The van der Waals surface area contributed by atoms with E-state index in [4.69, 9.17) is 16.7 Å². The molecule has 26 heavy (non-hydrogen) atoms. The van der Waals surface area contributed by atoms with E-state index in [9.17, 15) is 22.4 Å². The van der Waals surface area contributed by atoms with Crippen molar-refractivity contribution in [2.75, 3.05) is 0 Å². The van der Waals surface area contributed by atoms with Crippen molar-refractivity contribution in [3.8, 4) is 0 Å². The summed E-state index contributed by atoms with van der Waals surface area (Å²) < 4.78 is 53.5. The van der Waals surface area contributed by atoms with E-state index in [2.05, 4.69) is 5.10 Å². The van der Waals surface area contributed by atoms with Crippen LogP contribution in [-0.2, 0) is 23.9 Å². The van der Waals surface area contributed by atoms with Gasteiger partial charge in [-0.15, -0.1) is 0 Å². The summed E-state index contributed by atoms with van der Waals surface area (Å²) in [5, 5.41) is 13.5. The molecule has 136 valence electrons. The monoisotopic (exact) mass is 386 g/mol. The highest BCUT2D eigenvalue weighted by atomic mass is 35.5. The quantitative estimate of drug-likeness (QED) is 0.671. The lowest BCUT2D eigenvalue weighted by atomic mass is 10.1. The van der Waals surface area contributed by atoms with E-state index in [-0.39, 0.29) is 22.8 Å². The molecule has 9 heteroatoms. The van der Waals surface area contributed by atoms with Gasteiger partial charge in [0, 0.05) is 10.4 Å². The van der Waals surface area contributed by atoms with Crippen molar-refractivity contribution < 1.29 is 27.5 Å².